The third-order valence-corrected chi connectivity index (χ3v) is 9.25. The standard InChI is InChI=1S/C20H27NP2/c1-4-21(5-2)22(6-3)17-18-23(19-13-9-7-10-14-19)20-15-11-8-12-16-20/h6-16H,3-5,17-18H2,1-2H3. The summed E-state index contributed by atoms with van der Waals surface area (Å²) in [6.45, 7) is 10.8. The largest absolute Gasteiger partial charge is 0.279 e. The Balaban J connectivity index is 2.17. The van der Waals surface area contributed by atoms with E-state index in [0.717, 1.165) is 13.1 Å². The fourth-order valence-corrected chi connectivity index (χ4v) is 7.68. The second-order valence-electron chi connectivity index (χ2n) is 5.31. The summed E-state index contributed by atoms with van der Waals surface area (Å²) in [6, 6.07) is 22.0. The van der Waals surface area contributed by atoms with Crippen LogP contribution in [-0.2, 0) is 0 Å². The van der Waals surface area contributed by atoms with E-state index in [1.807, 2.05) is 0 Å². The smallest absolute Gasteiger partial charge is 0.000502 e. The zero-order chi connectivity index (χ0) is 16.5. The van der Waals surface area contributed by atoms with Gasteiger partial charge in [-0.1, -0.05) is 86.9 Å². The van der Waals surface area contributed by atoms with Gasteiger partial charge in [0.05, 0.1) is 0 Å². The van der Waals surface area contributed by atoms with Crippen LogP contribution >= 0.6 is 16.0 Å². The molecule has 0 saturated carbocycles. The van der Waals surface area contributed by atoms with Crippen LogP contribution in [0.25, 0.3) is 0 Å². The van der Waals surface area contributed by atoms with Crippen molar-refractivity contribution in [1.82, 2.24) is 4.67 Å². The minimum absolute atomic E-state index is 0.222. The molecule has 0 aliphatic carbocycles. The van der Waals surface area contributed by atoms with Crippen LogP contribution in [0.4, 0.5) is 0 Å². The molecule has 0 aliphatic heterocycles. The molecule has 0 fully saturated rings. The van der Waals surface area contributed by atoms with E-state index in [-0.39, 0.29) is 16.0 Å². The van der Waals surface area contributed by atoms with Gasteiger partial charge in [0.1, 0.15) is 0 Å². The van der Waals surface area contributed by atoms with E-state index in [9.17, 15) is 0 Å². The van der Waals surface area contributed by atoms with Gasteiger partial charge in [0.15, 0.2) is 0 Å². The zero-order valence-corrected chi connectivity index (χ0v) is 16.0. The SMILES string of the molecule is C=CP(CCP(c1ccccc1)c1ccccc1)N(CC)CC. The molecule has 0 saturated heterocycles. The minimum Gasteiger partial charge on any atom is -0.279 e. The molecule has 0 aliphatic rings. The lowest BCUT2D eigenvalue weighted by atomic mass is 10.4. The monoisotopic (exact) mass is 343 g/mol. The van der Waals surface area contributed by atoms with Crippen molar-refractivity contribution in [2.45, 2.75) is 13.8 Å². The molecule has 2 aromatic carbocycles. The molecule has 2 aromatic rings. The van der Waals surface area contributed by atoms with Gasteiger partial charge < -0.3 is 0 Å². The highest BCUT2D eigenvalue weighted by molar-refractivity contribution is 7.73. The highest BCUT2D eigenvalue weighted by Crippen LogP contribution is 2.45. The van der Waals surface area contributed by atoms with E-state index in [2.05, 4.69) is 91.6 Å². The molecule has 122 valence electrons. The zero-order valence-electron chi connectivity index (χ0n) is 14.2. The maximum atomic E-state index is 4.10. The summed E-state index contributed by atoms with van der Waals surface area (Å²) < 4.78 is 2.56. The van der Waals surface area contributed by atoms with Crippen molar-refractivity contribution in [2.24, 2.45) is 0 Å². The normalized spacial score (nSPS) is 12.5. The highest BCUT2D eigenvalue weighted by Gasteiger charge is 2.17. The third kappa shape index (κ3) is 5.25. The molecule has 0 N–H and O–H groups in total. The van der Waals surface area contributed by atoms with Crippen molar-refractivity contribution in [3.05, 3.63) is 73.1 Å². The average Bonchev–Trinajstić information content (AvgIpc) is 2.63. The van der Waals surface area contributed by atoms with Crippen LogP contribution in [0.1, 0.15) is 13.8 Å². The van der Waals surface area contributed by atoms with Crippen LogP contribution in [-0.4, -0.2) is 30.1 Å². The Hall–Kier alpha value is -1.00. The summed E-state index contributed by atoms with van der Waals surface area (Å²) in [7, 11) is -0.504. The van der Waals surface area contributed by atoms with Gasteiger partial charge in [-0.2, -0.15) is 0 Å². The van der Waals surface area contributed by atoms with Crippen molar-refractivity contribution < 1.29 is 0 Å². The van der Waals surface area contributed by atoms with Gasteiger partial charge in [-0.15, -0.1) is 0 Å². The summed E-state index contributed by atoms with van der Waals surface area (Å²) >= 11 is 0. The van der Waals surface area contributed by atoms with Crippen LogP contribution in [0.3, 0.4) is 0 Å². The minimum atomic E-state index is -0.282. The molecule has 0 spiro atoms. The number of rotatable bonds is 9. The van der Waals surface area contributed by atoms with Crippen LogP contribution in [0.5, 0.6) is 0 Å². The number of benzene rings is 2. The summed E-state index contributed by atoms with van der Waals surface area (Å²) in [5, 5.41) is 2.96. The first kappa shape index (κ1) is 18.3. The first-order chi connectivity index (χ1) is 11.3. The highest BCUT2D eigenvalue weighted by atomic mass is 31.1. The number of nitrogens with zero attached hydrogens (tertiary/aromatic N) is 1. The lowest BCUT2D eigenvalue weighted by Crippen LogP contribution is -2.20. The van der Waals surface area contributed by atoms with E-state index in [1.54, 1.807) is 0 Å². The Morgan fingerprint density at radius 1 is 0.826 bits per heavy atom. The van der Waals surface area contributed by atoms with Gasteiger partial charge in [0.2, 0.25) is 0 Å². The molecule has 0 heterocycles. The molecular formula is C20H27NP2. The maximum Gasteiger partial charge on any atom is -0.000502 e. The topological polar surface area (TPSA) is 3.24 Å². The van der Waals surface area contributed by atoms with Crippen LogP contribution in [0.15, 0.2) is 73.1 Å². The van der Waals surface area contributed by atoms with Gasteiger partial charge in [-0.05, 0) is 52.0 Å². The molecule has 1 unspecified atom stereocenters. The van der Waals surface area contributed by atoms with Crippen LogP contribution < -0.4 is 10.6 Å². The van der Waals surface area contributed by atoms with Crippen molar-refractivity contribution in [2.75, 3.05) is 25.4 Å². The molecular weight excluding hydrogens is 316 g/mol. The Kier molecular flexibility index (Phi) is 7.96. The molecule has 0 radical (unpaired) electrons. The first-order valence-corrected chi connectivity index (χ1v) is 11.4. The Morgan fingerprint density at radius 2 is 1.30 bits per heavy atom. The summed E-state index contributed by atoms with van der Waals surface area (Å²) in [4.78, 5) is 0. The van der Waals surface area contributed by atoms with Gasteiger partial charge in [-0.3, -0.25) is 4.67 Å². The molecule has 23 heavy (non-hydrogen) atoms. The van der Waals surface area contributed by atoms with Crippen molar-refractivity contribution >= 4 is 26.6 Å². The Morgan fingerprint density at radius 3 is 1.70 bits per heavy atom. The lowest BCUT2D eigenvalue weighted by molar-refractivity contribution is 0.510. The fraction of sp³-hybridized carbons (Fsp3) is 0.300. The van der Waals surface area contributed by atoms with Crippen molar-refractivity contribution in [3.8, 4) is 0 Å². The second kappa shape index (κ2) is 9.99. The van der Waals surface area contributed by atoms with Crippen molar-refractivity contribution in [3.63, 3.8) is 0 Å². The number of hydrogen-bond donors (Lipinski definition) is 0. The predicted octanol–water partition coefficient (Wildman–Crippen LogP) is 5.00. The van der Waals surface area contributed by atoms with Gasteiger partial charge in [-0.25, -0.2) is 0 Å². The molecule has 0 aromatic heterocycles. The van der Waals surface area contributed by atoms with E-state index in [4.69, 9.17) is 0 Å². The molecule has 0 amide bonds. The first-order valence-electron chi connectivity index (χ1n) is 8.31. The van der Waals surface area contributed by atoms with E-state index < -0.39 is 0 Å². The molecule has 2 rings (SSSR count). The van der Waals surface area contributed by atoms with Gasteiger partial charge >= 0.3 is 0 Å². The van der Waals surface area contributed by atoms with Crippen molar-refractivity contribution in [1.29, 1.82) is 0 Å². The maximum absolute atomic E-state index is 4.10. The quantitative estimate of drug-likeness (QED) is 0.579. The third-order valence-electron chi connectivity index (χ3n) is 3.99. The fourth-order valence-electron chi connectivity index (χ4n) is 2.76. The summed E-state index contributed by atoms with van der Waals surface area (Å²) in [5.41, 5.74) is 0. The molecule has 0 bridgehead atoms. The number of hydrogen-bond acceptors (Lipinski definition) is 1. The van der Waals surface area contributed by atoms with Gasteiger partial charge in [0.25, 0.3) is 0 Å². The molecule has 1 atom stereocenters. The van der Waals surface area contributed by atoms with E-state index in [0.29, 0.717) is 0 Å². The Bertz CT molecular complexity index is 527. The predicted molar refractivity (Wildman–Crippen MR) is 109 cm³/mol. The van der Waals surface area contributed by atoms with Gasteiger partial charge in [0, 0.05) is 0 Å². The molecule has 3 heteroatoms. The molecule has 1 nitrogen and oxygen atoms in total. The Labute approximate surface area is 144 Å². The lowest BCUT2D eigenvalue weighted by Gasteiger charge is -2.29. The van der Waals surface area contributed by atoms with E-state index in [1.165, 1.54) is 22.9 Å². The van der Waals surface area contributed by atoms with E-state index >= 15 is 0 Å². The summed E-state index contributed by atoms with van der Waals surface area (Å²) in [6.07, 6.45) is 2.47. The van der Waals surface area contributed by atoms with Crippen LogP contribution in [0, 0.1) is 0 Å². The second-order valence-corrected chi connectivity index (χ2v) is 9.90. The van der Waals surface area contributed by atoms with Crippen LogP contribution in [0.2, 0.25) is 0 Å². The summed E-state index contributed by atoms with van der Waals surface area (Å²) in [5.74, 6) is 2.19. The average molecular weight is 343 g/mol.